The highest BCUT2D eigenvalue weighted by Crippen LogP contribution is 2.33. The summed E-state index contributed by atoms with van der Waals surface area (Å²) in [4.78, 5) is 45.0. The second kappa shape index (κ2) is 7.55. The number of H-pyrrole nitrogens is 1. The number of nitrogens with one attached hydrogen (secondary N) is 2. The van der Waals surface area contributed by atoms with Gasteiger partial charge in [-0.05, 0) is 55.5 Å². The Hall–Kier alpha value is -3.00. The van der Waals surface area contributed by atoms with Crippen molar-refractivity contribution in [1.29, 1.82) is 0 Å². The minimum absolute atomic E-state index is 0.111. The summed E-state index contributed by atoms with van der Waals surface area (Å²) in [5.74, 6) is -0.377. The summed E-state index contributed by atoms with van der Waals surface area (Å²) in [7, 11) is 0. The summed E-state index contributed by atoms with van der Waals surface area (Å²) < 4.78 is 5.29. The SMILES string of the molecule is CC(=O)Nc1ccc(C(=O)OCc2nc3sc4c(c3c(=O)[nH]2)CCCC4)cc1. The van der Waals surface area contributed by atoms with Crippen molar-refractivity contribution in [3.8, 4) is 0 Å². The Morgan fingerprint density at radius 1 is 1.21 bits per heavy atom. The molecule has 7 nitrogen and oxygen atoms in total. The first-order valence-electron chi connectivity index (χ1n) is 9.09. The first-order valence-corrected chi connectivity index (χ1v) is 9.91. The number of thiophene rings is 1. The van der Waals surface area contributed by atoms with Crippen molar-refractivity contribution in [3.63, 3.8) is 0 Å². The monoisotopic (exact) mass is 397 g/mol. The minimum atomic E-state index is -0.525. The summed E-state index contributed by atoms with van der Waals surface area (Å²) in [5, 5.41) is 3.32. The number of carbonyl (C=O) groups excluding carboxylic acids is 2. The lowest BCUT2D eigenvalue weighted by Crippen LogP contribution is -2.15. The van der Waals surface area contributed by atoms with Crippen LogP contribution in [0.1, 0.15) is 46.4 Å². The Morgan fingerprint density at radius 2 is 1.96 bits per heavy atom. The molecule has 2 aromatic heterocycles. The normalized spacial score (nSPS) is 13.2. The molecule has 2 N–H and O–H groups in total. The van der Waals surface area contributed by atoms with Gasteiger partial charge in [0, 0.05) is 17.5 Å². The first kappa shape index (κ1) is 18.4. The van der Waals surface area contributed by atoms with Crippen molar-refractivity contribution in [3.05, 3.63) is 56.4 Å². The number of hydrogen-bond donors (Lipinski definition) is 2. The molecule has 0 saturated heterocycles. The van der Waals surface area contributed by atoms with Gasteiger partial charge in [0.05, 0.1) is 10.9 Å². The Balaban J connectivity index is 1.48. The van der Waals surface area contributed by atoms with Crippen LogP contribution in [0, 0.1) is 0 Å². The van der Waals surface area contributed by atoms with Gasteiger partial charge in [-0.15, -0.1) is 11.3 Å². The molecule has 0 spiro atoms. The van der Waals surface area contributed by atoms with E-state index < -0.39 is 5.97 Å². The van der Waals surface area contributed by atoms with Crippen LogP contribution in [0.25, 0.3) is 10.2 Å². The Bertz CT molecular complexity index is 1110. The van der Waals surface area contributed by atoms with Crippen molar-refractivity contribution >= 4 is 39.1 Å². The van der Waals surface area contributed by atoms with Crippen LogP contribution in [0.5, 0.6) is 0 Å². The van der Waals surface area contributed by atoms with Gasteiger partial charge in [-0.25, -0.2) is 9.78 Å². The van der Waals surface area contributed by atoms with Crippen molar-refractivity contribution in [2.75, 3.05) is 5.32 Å². The molecule has 0 bridgehead atoms. The zero-order chi connectivity index (χ0) is 19.7. The molecule has 0 radical (unpaired) electrons. The molecule has 0 fully saturated rings. The lowest BCUT2D eigenvalue weighted by atomic mass is 9.97. The predicted molar refractivity (Wildman–Crippen MR) is 107 cm³/mol. The number of rotatable bonds is 4. The maximum atomic E-state index is 12.5. The van der Waals surface area contributed by atoms with Gasteiger partial charge in [-0.1, -0.05) is 0 Å². The third kappa shape index (κ3) is 3.68. The number of nitrogens with zero attached hydrogens (tertiary/aromatic N) is 1. The van der Waals surface area contributed by atoms with Crippen LogP contribution in [0.3, 0.4) is 0 Å². The number of benzene rings is 1. The number of anilines is 1. The van der Waals surface area contributed by atoms with Crippen molar-refractivity contribution < 1.29 is 14.3 Å². The molecule has 1 aliphatic carbocycles. The second-order valence-corrected chi connectivity index (χ2v) is 7.82. The molecule has 1 amide bonds. The number of amides is 1. The molecule has 28 heavy (non-hydrogen) atoms. The maximum Gasteiger partial charge on any atom is 0.338 e. The largest absolute Gasteiger partial charge is 0.454 e. The van der Waals surface area contributed by atoms with Crippen LogP contribution in [-0.2, 0) is 29.0 Å². The van der Waals surface area contributed by atoms with Gasteiger partial charge >= 0.3 is 5.97 Å². The van der Waals surface area contributed by atoms with Crippen LogP contribution >= 0.6 is 11.3 Å². The van der Waals surface area contributed by atoms with E-state index in [-0.39, 0.29) is 18.1 Å². The van der Waals surface area contributed by atoms with E-state index in [1.807, 2.05) is 0 Å². The Labute approximate surface area is 164 Å². The molecule has 4 rings (SSSR count). The number of hydrogen-bond acceptors (Lipinski definition) is 6. The molecule has 1 aromatic carbocycles. The lowest BCUT2D eigenvalue weighted by molar-refractivity contribution is -0.114. The highest BCUT2D eigenvalue weighted by molar-refractivity contribution is 7.18. The fourth-order valence-electron chi connectivity index (χ4n) is 3.39. The molecule has 144 valence electrons. The predicted octanol–water partition coefficient (Wildman–Crippen LogP) is 3.18. The molecule has 0 saturated carbocycles. The van der Waals surface area contributed by atoms with Crippen LogP contribution in [0.4, 0.5) is 5.69 Å². The van der Waals surface area contributed by atoms with E-state index in [4.69, 9.17) is 4.74 Å². The van der Waals surface area contributed by atoms with Gasteiger partial charge < -0.3 is 15.0 Å². The van der Waals surface area contributed by atoms with Crippen LogP contribution in [-0.4, -0.2) is 21.8 Å². The molecule has 0 aliphatic heterocycles. The quantitative estimate of drug-likeness (QED) is 0.659. The minimum Gasteiger partial charge on any atom is -0.454 e. The fraction of sp³-hybridized carbons (Fsp3) is 0.300. The highest BCUT2D eigenvalue weighted by atomic mass is 32.1. The third-order valence-corrected chi connectivity index (χ3v) is 5.84. The number of aryl methyl sites for hydroxylation is 2. The van der Waals surface area contributed by atoms with Crippen molar-refractivity contribution in [2.45, 2.75) is 39.2 Å². The van der Waals surface area contributed by atoms with Crippen LogP contribution < -0.4 is 10.9 Å². The van der Waals surface area contributed by atoms with Crippen LogP contribution in [0.15, 0.2) is 29.1 Å². The van der Waals surface area contributed by atoms with Crippen molar-refractivity contribution in [2.24, 2.45) is 0 Å². The number of ether oxygens (including phenoxy) is 1. The average Bonchev–Trinajstić information content (AvgIpc) is 3.05. The number of fused-ring (bicyclic) bond motifs is 3. The van der Waals surface area contributed by atoms with Gasteiger partial charge in [0.15, 0.2) is 0 Å². The number of esters is 1. The zero-order valence-corrected chi connectivity index (χ0v) is 16.1. The number of aromatic amines is 1. The van der Waals surface area contributed by atoms with E-state index in [1.54, 1.807) is 35.6 Å². The molecule has 1 aliphatic rings. The third-order valence-electron chi connectivity index (χ3n) is 4.66. The second-order valence-electron chi connectivity index (χ2n) is 6.74. The fourth-order valence-corrected chi connectivity index (χ4v) is 4.67. The van der Waals surface area contributed by atoms with Gasteiger partial charge in [0.25, 0.3) is 5.56 Å². The van der Waals surface area contributed by atoms with Gasteiger partial charge in [0.1, 0.15) is 17.3 Å². The smallest absolute Gasteiger partial charge is 0.338 e. The molecule has 2 heterocycles. The van der Waals surface area contributed by atoms with E-state index in [1.165, 1.54) is 11.8 Å². The van der Waals surface area contributed by atoms with Gasteiger partial charge in [-0.2, -0.15) is 0 Å². The standard InChI is InChI=1S/C20H19N3O4S/c1-11(24)21-13-8-6-12(7-9-13)20(26)27-10-16-22-18(25)17-14-4-2-3-5-15(14)28-19(17)23-16/h6-9H,2-5,10H2,1H3,(H,21,24)(H,22,23,25). The molecule has 0 atom stereocenters. The van der Waals surface area contributed by atoms with E-state index in [9.17, 15) is 14.4 Å². The molecule has 8 heteroatoms. The maximum absolute atomic E-state index is 12.5. The summed E-state index contributed by atoms with van der Waals surface area (Å²) in [6, 6.07) is 6.39. The first-order chi connectivity index (χ1) is 13.5. The summed E-state index contributed by atoms with van der Waals surface area (Å²) in [6.45, 7) is 1.30. The van der Waals surface area contributed by atoms with E-state index in [0.29, 0.717) is 27.3 Å². The summed E-state index contributed by atoms with van der Waals surface area (Å²) in [5.41, 5.74) is 1.91. The lowest BCUT2D eigenvalue weighted by Gasteiger charge is -2.09. The van der Waals surface area contributed by atoms with Crippen molar-refractivity contribution in [1.82, 2.24) is 9.97 Å². The van der Waals surface area contributed by atoms with E-state index >= 15 is 0 Å². The van der Waals surface area contributed by atoms with Gasteiger partial charge in [0.2, 0.25) is 5.91 Å². The number of carbonyl (C=O) groups is 2. The molecule has 0 unspecified atom stereocenters. The zero-order valence-electron chi connectivity index (χ0n) is 15.3. The van der Waals surface area contributed by atoms with Crippen LogP contribution in [0.2, 0.25) is 0 Å². The summed E-state index contributed by atoms with van der Waals surface area (Å²) in [6.07, 6.45) is 4.15. The molecular weight excluding hydrogens is 378 g/mol. The molecule has 3 aromatic rings. The van der Waals surface area contributed by atoms with E-state index in [0.717, 1.165) is 31.2 Å². The molecular formula is C20H19N3O4S. The van der Waals surface area contributed by atoms with Gasteiger partial charge in [-0.3, -0.25) is 9.59 Å². The Morgan fingerprint density at radius 3 is 2.71 bits per heavy atom. The number of aromatic nitrogens is 2. The summed E-state index contributed by atoms with van der Waals surface area (Å²) >= 11 is 1.56. The Kier molecular flexibility index (Phi) is 4.95. The topological polar surface area (TPSA) is 101 Å². The highest BCUT2D eigenvalue weighted by Gasteiger charge is 2.20. The van der Waals surface area contributed by atoms with E-state index in [2.05, 4.69) is 15.3 Å². The average molecular weight is 397 g/mol.